The van der Waals surface area contributed by atoms with Crippen LogP contribution in [0.1, 0.15) is 60.3 Å². The van der Waals surface area contributed by atoms with Gasteiger partial charge in [0.05, 0.1) is 23.4 Å². The van der Waals surface area contributed by atoms with E-state index in [2.05, 4.69) is 13.0 Å². The van der Waals surface area contributed by atoms with E-state index in [0.717, 1.165) is 42.5 Å². The maximum atomic E-state index is 13.4. The predicted octanol–water partition coefficient (Wildman–Crippen LogP) is 5.85. The van der Waals surface area contributed by atoms with E-state index < -0.39 is 0 Å². The molecule has 0 aliphatic carbocycles. The van der Waals surface area contributed by atoms with E-state index in [1.54, 1.807) is 6.07 Å². The number of unbranched alkanes of at least 4 members (excludes halogenated alkanes) is 2. The number of hydrogen-bond acceptors (Lipinski definition) is 3. The molecule has 1 aromatic heterocycles. The van der Waals surface area contributed by atoms with Gasteiger partial charge in [0.25, 0.3) is 5.91 Å². The molecular weight excluding hydrogens is 408 g/mol. The molecule has 1 unspecified atom stereocenters. The Hall–Kier alpha value is -3.10. The Balaban J connectivity index is 1.67. The van der Waals surface area contributed by atoms with E-state index in [0.29, 0.717) is 29.4 Å². The molecule has 4 rings (SSSR count). The van der Waals surface area contributed by atoms with Crippen LogP contribution >= 0.6 is 11.6 Å². The van der Waals surface area contributed by atoms with Gasteiger partial charge in [0.1, 0.15) is 5.69 Å². The van der Waals surface area contributed by atoms with E-state index in [9.17, 15) is 10.1 Å². The minimum Gasteiger partial charge on any atom is -0.331 e. The lowest BCUT2D eigenvalue weighted by Gasteiger charge is -2.34. The molecule has 0 spiro atoms. The normalized spacial score (nSPS) is 15.6. The molecule has 0 fully saturated rings. The molecule has 1 atom stereocenters. The lowest BCUT2D eigenvalue weighted by Crippen LogP contribution is -2.42. The molecule has 0 bridgehead atoms. The first-order chi connectivity index (χ1) is 15.1. The van der Waals surface area contributed by atoms with Crippen LogP contribution in [-0.2, 0) is 6.54 Å². The number of benzene rings is 2. The monoisotopic (exact) mass is 432 g/mol. The van der Waals surface area contributed by atoms with Gasteiger partial charge in [-0.05, 0) is 36.2 Å². The Morgan fingerprint density at radius 3 is 2.68 bits per heavy atom. The van der Waals surface area contributed by atoms with Crippen LogP contribution in [0.3, 0.4) is 0 Å². The van der Waals surface area contributed by atoms with Crippen molar-refractivity contribution in [2.75, 3.05) is 6.54 Å². The van der Waals surface area contributed by atoms with Crippen molar-refractivity contribution in [1.29, 1.82) is 5.26 Å². The van der Waals surface area contributed by atoms with E-state index in [1.165, 1.54) is 0 Å². The number of carbonyl (C=O) groups is 1. The highest BCUT2D eigenvalue weighted by atomic mass is 35.5. The summed E-state index contributed by atoms with van der Waals surface area (Å²) in [6, 6.07) is 19.2. The predicted molar refractivity (Wildman–Crippen MR) is 122 cm³/mol. The van der Waals surface area contributed by atoms with Gasteiger partial charge in [0.2, 0.25) is 0 Å². The molecule has 1 amide bonds. The highest BCUT2D eigenvalue weighted by Gasteiger charge is 2.33. The largest absolute Gasteiger partial charge is 0.331 e. The van der Waals surface area contributed by atoms with Gasteiger partial charge in [-0.1, -0.05) is 68.1 Å². The van der Waals surface area contributed by atoms with Crippen molar-refractivity contribution in [3.05, 3.63) is 76.4 Å². The molecule has 0 N–H and O–H groups in total. The van der Waals surface area contributed by atoms with E-state index in [1.807, 2.05) is 58.1 Å². The first-order valence-corrected chi connectivity index (χ1v) is 11.1. The molecule has 6 heteroatoms. The number of nitriles is 1. The number of rotatable bonds is 7. The zero-order valence-corrected chi connectivity index (χ0v) is 18.3. The van der Waals surface area contributed by atoms with Crippen molar-refractivity contribution in [2.24, 2.45) is 0 Å². The number of aromatic nitrogens is 2. The van der Waals surface area contributed by atoms with E-state index in [-0.39, 0.29) is 11.9 Å². The number of hydrogen-bond donors (Lipinski definition) is 0. The van der Waals surface area contributed by atoms with Gasteiger partial charge < -0.3 is 4.90 Å². The number of amides is 1. The summed E-state index contributed by atoms with van der Waals surface area (Å²) < 4.78 is 1.91. The smallest absolute Gasteiger partial charge is 0.272 e. The van der Waals surface area contributed by atoms with Crippen LogP contribution in [0.25, 0.3) is 11.3 Å². The summed E-state index contributed by atoms with van der Waals surface area (Å²) in [6.07, 6.45) is 4.36. The average molecular weight is 433 g/mol. The first kappa shape index (κ1) is 21.1. The second-order valence-corrected chi connectivity index (χ2v) is 8.41. The Morgan fingerprint density at radius 1 is 1.16 bits per heavy atom. The zero-order chi connectivity index (χ0) is 21.8. The van der Waals surface area contributed by atoms with Gasteiger partial charge >= 0.3 is 0 Å². The van der Waals surface area contributed by atoms with Crippen LogP contribution in [0.5, 0.6) is 0 Å². The van der Waals surface area contributed by atoms with Crippen LogP contribution < -0.4 is 0 Å². The van der Waals surface area contributed by atoms with E-state index in [4.69, 9.17) is 16.7 Å². The van der Waals surface area contributed by atoms with Crippen LogP contribution in [0.2, 0.25) is 5.02 Å². The molecule has 1 aliphatic heterocycles. The van der Waals surface area contributed by atoms with Gasteiger partial charge in [0.15, 0.2) is 0 Å². The summed E-state index contributed by atoms with van der Waals surface area (Å²) >= 11 is 6.03. The molecule has 0 saturated heterocycles. The summed E-state index contributed by atoms with van der Waals surface area (Å²) in [5.74, 6) is -0.0489. The van der Waals surface area contributed by atoms with Gasteiger partial charge in [-0.15, -0.1) is 0 Å². The van der Waals surface area contributed by atoms with Crippen molar-refractivity contribution >= 4 is 17.5 Å². The molecule has 2 heterocycles. The Morgan fingerprint density at radius 2 is 1.94 bits per heavy atom. The number of carbonyl (C=O) groups excluding carboxylic acids is 1. The first-order valence-electron chi connectivity index (χ1n) is 10.7. The van der Waals surface area contributed by atoms with Crippen LogP contribution in [0, 0.1) is 11.3 Å². The van der Waals surface area contributed by atoms with Crippen LogP contribution in [0.15, 0.2) is 54.6 Å². The molecule has 0 saturated carbocycles. The Kier molecular flexibility index (Phi) is 6.39. The van der Waals surface area contributed by atoms with Gasteiger partial charge in [-0.3, -0.25) is 9.48 Å². The number of fused-ring (bicyclic) bond motifs is 1. The third kappa shape index (κ3) is 4.50. The highest BCUT2D eigenvalue weighted by molar-refractivity contribution is 6.30. The average Bonchev–Trinajstić information content (AvgIpc) is 3.24. The van der Waals surface area contributed by atoms with Gasteiger partial charge in [-0.2, -0.15) is 10.4 Å². The summed E-state index contributed by atoms with van der Waals surface area (Å²) in [4.78, 5) is 15.2. The second kappa shape index (κ2) is 9.36. The SMILES string of the molecule is CCCCCC1CN(Cc2ccccc2C#N)C(=O)c2cc(-c3ccc(Cl)cc3)nn21. The molecule has 2 aromatic carbocycles. The topological polar surface area (TPSA) is 61.9 Å². The fourth-order valence-electron chi connectivity index (χ4n) is 4.12. The quantitative estimate of drug-likeness (QED) is 0.440. The zero-order valence-electron chi connectivity index (χ0n) is 17.6. The van der Waals surface area contributed by atoms with Crippen molar-refractivity contribution in [3.8, 4) is 17.3 Å². The van der Waals surface area contributed by atoms with Crippen molar-refractivity contribution in [3.63, 3.8) is 0 Å². The molecule has 5 nitrogen and oxygen atoms in total. The Bertz CT molecular complexity index is 1110. The fraction of sp³-hybridized carbons (Fsp3) is 0.320. The minimum atomic E-state index is -0.0489. The third-order valence-electron chi connectivity index (χ3n) is 5.80. The second-order valence-electron chi connectivity index (χ2n) is 7.97. The molecular formula is C25H25ClN4O. The minimum absolute atomic E-state index is 0.0489. The van der Waals surface area contributed by atoms with E-state index >= 15 is 0 Å². The maximum absolute atomic E-state index is 13.4. The van der Waals surface area contributed by atoms with Gasteiger partial charge in [0, 0.05) is 23.7 Å². The molecule has 31 heavy (non-hydrogen) atoms. The highest BCUT2D eigenvalue weighted by Crippen LogP contribution is 2.31. The lowest BCUT2D eigenvalue weighted by molar-refractivity contribution is 0.0634. The number of halogens is 1. The van der Waals surface area contributed by atoms with Crippen molar-refractivity contribution < 1.29 is 4.79 Å². The lowest BCUT2D eigenvalue weighted by atomic mass is 10.0. The summed E-state index contributed by atoms with van der Waals surface area (Å²) in [5, 5.41) is 14.9. The molecule has 0 radical (unpaired) electrons. The molecule has 1 aliphatic rings. The van der Waals surface area contributed by atoms with Crippen molar-refractivity contribution in [2.45, 2.75) is 45.2 Å². The summed E-state index contributed by atoms with van der Waals surface area (Å²) in [5.41, 5.74) is 3.80. The van der Waals surface area contributed by atoms with Crippen molar-refractivity contribution in [1.82, 2.24) is 14.7 Å². The molecule has 3 aromatic rings. The Labute approximate surface area is 187 Å². The third-order valence-corrected chi connectivity index (χ3v) is 6.05. The standard InChI is InChI=1S/C25H25ClN4O/c1-2-3-4-9-22-17-29(16-20-8-6-5-7-19(20)15-27)25(31)24-14-23(28-30(22)24)18-10-12-21(26)13-11-18/h5-8,10-14,22H,2-4,9,16-17H2,1H3. The maximum Gasteiger partial charge on any atom is 0.272 e. The molecule has 158 valence electrons. The summed E-state index contributed by atoms with van der Waals surface area (Å²) in [7, 11) is 0. The number of nitrogens with zero attached hydrogens (tertiary/aromatic N) is 4. The van der Waals surface area contributed by atoms with Gasteiger partial charge in [-0.25, -0.2) is 0 Å². The van der Waals surface area contributed by atoms with Crippen LogP contribution in [-0.4, -0.2) is 27.1 Å². The summed E-state index contributed by atoms with van der Waals surface area (Å²) in [6.45, 7) is 3.21. The van der Waals surface area contributed by atoms with Crippen LogP contribution in [0.4, 0.5) is 0 Å². The fourth-order valence-corrected chi connectivity index (χ4v) is 4.25.